The van der Waals surface area contributed by atoms with E-state index in [1.165, 1.54) is 24.9 Å². The molecule has 1 aromatic rings. The highest BCUT2D eigenvalue weighted by atomic mass is 35.5. The van der Waals surface area contributed by atoms with Gasteiger partial charge in [-0.05, 0) is 62.9 Å². The number of halogens is 1. The number of nitrogens with one attached hydrogen (secondary N) is 2. The third kappa shape index (κ3) is 6.40. The van der Waals surface area contributed by atoms with Crippen molar-refractivity contribution in [2.24, 2.45) is 5.92 Å². The van der Waals surface area contributed by atoms with Crippen molar-refractivity contribution in [2.75, 3.05) is 26.2 Å². The van der Waals surface area contributed by atoms with E-state index in [2.05, 4.69) is 22.5 Å². The summed E-state index contributed by atoms with van der Waals surface area (Å²) >= 11 is 5.88. The molecule has 0 bridgehead atoms. The van der Waals surface area contributed by atoms with E-state index in [1.807, 2.05) is 31.2 Å². The molecule has 2 atom stereocenters. The predicted molar refractivity (Wildman–Crippen MR) is 96.0 cm³/mol. The summed E-state index contributed by atoms with van der Waals surface area (Å²) in [5.74, 6) is 0.582. The molecule has 128 valence electrons. The number of rotatable bonds is 7. The average Bonchev–Trinajstić information content (AvgIpc) is 2.95. The zero-order valence-corrected chi connectivity index (χ0v) is 14.9. The fraction of sp³-hybridized carbons (Fsp3) is 0.611. The molecule has 23 heavy (non-hydrogen) atoms. The molecule has 4 nitrogen and oxygen atoms in total. The Morgan fingerprint density at radius 1 is 1.39 bits per heavy atom. The minimum absolute atomic E-state index is 0.0691. The summed E-state index contributed by atoms with van der Waals surface area (Å²) in [4.78, 5) is 14.5. The molecule has 0 saturated carbocycles. The number of hydrogen-bond donors (Lipinski definition) is 2. The van der Waals surface area contributed by atoms with Crippen molar-refractivity contribution < 1.29 is 4.79 Å². The zero-order chi connectivity index (χ0) is 16.7. The van der Waals surface area contributed by atoms with E-state index in [0.29, 0.717) is 5.92 Å². The molecule has 2 N–H and O–H groups in total. The minimum Gasteiger partial charge on any atom is -0.338 e. The Balaban J connectivity index is 1.65. The molecule has 0 unspecified atom stereocenters. The SMILES string of the molecule is CCCN1CC[C@@H](CNC(=O)N[C@H](C)Cc2ccc(Cl)cc2)C1. The van der Waals surface area contributed by atoms with Gasteiger partial charge in [0.1, 0.15) is 0 Å². The van der Waals surface area contributed by atoms with Crippen LogP contribution in [0.2, 0.25) is 5.02 Å². The van der Waals surface area contributed by atoms with Crippen molar-refractivity contribution in [1.82, 2.24) is 15.5 Å². The van der Waals surface area contributed by atoms with Crippen LogP contribution in [-0.4, -0.2) is 43.2 Å². The second kappa shape index (κ2) is 9.14. The van der Waals surface area contributed by atoms with Gasteiger partial charge in [0.15, 0.2) is 0 Å². The Hall–Kier alpha value is -1.26. The summed E-state index contributed by atoms with van der Waals surface area (Å²) in [5.41, 5.74) is 1.17. The van der Waals surface area contributed by atoms with Crippen LogP contribution in [0.25, 0.3) is 0 Å². The quantitative estimate of drug-likeness (QED) is 0.801. The molecule has 1 fully saturated rings. The van der Waals surface area contributed by atoms with Crippen LogP contribution in [0.15, 0.2) is 24.3 Å². The van der Waals surface area contributed by atoms with Crippen LogP contribution in [0, 0.1) is 5.92 Å². The van der Waals surface area contributed by atoms with Crippen molar-refractivity contribution in [3.63, 3.8) is 0 Å². The van der Waals surface area contributed by atoms with Crippen molar-refractivity contribution in [2.45, 2.75) is 39.2 Å². The third-order valence-corrected chi connectivity index (χ3v) is 4.55. The second-order valence-electron chi connectivity index (χ2n) is 6.54. The standard InChI is InChI=1S/C18H28ClN3O/c1-3-9-22-10-8-16(13-22)12-20-18(23)21-14(2)11-15-4-6-17(19)7-5-15/h4-7,14,16H,3,8-13H2,1-2H3,(H2,20,21,23)/t14-,16+/m1/s1. The molecule has 1 heterocycles. The number of benzene rings is 1. The first-order valence-electron chi connectivity index (χ1n) is 8.58. The van der Waals surface area contributed by atoms with E-state index in [1.54, 1.807) is 0 Å². The summed E-state index contributed by atoms with van der Waals surface area (Å²) in [6.45, 7) is 8.43. The Kier molecular flexibility index (Phi) is 7.18. The number of carbonyl (C=O) groups excluding carboxylic acids is 1. The van der Waals surface area contributed by atoms with Crippen LogP contribution < -0.4 is 10.6 Å². The molecule has 5 heteroatoms. The van der Waals surface area contributed by atoms with Gasteiger partial charge in [-0.25, -0.2) is 4.79 Å². The van der Waals surface area contributed by atoms with Crippen LogP contribution in [0.4, 0.5) is 4.79 Å². The largest absolute Gasteiger partial charge is 0.338 e. The predicted octanol–water partition coefficient (Wildman–Crippen LogP) is 3.30. The van der Waals surface area contributed by atoms with Gasteiger partial charge in [0, 0.05) is 24.2 Å². The normalized spacial score (nSPS) is 19.5. The maximum Gasteiger partial charge on any atom is 0.315 e. The van der Waals surface area contributed by atoms with Crippen LogP contribution >= 0.6 is 11.6 Å². The maximum atomic E-state index is 12.0. The maximum absolute atomic E-state index is 12.0. The lowest BCUT2D eigenvalue weighted by Gasteiger charge is -2.17. The van der Waals surface area contributed by atoms with Gasteiger partial charge < -0.3 is 15.5 Å². The molecule has 2 rings (SSSR count). The molecule has 2 amide bonds. The molecule has 1 aliphatic rings. The van der Waals surface area contributed by atoms with E-state index in [-0.39, 0.29) is 12.1 Å². The number of hydrogen-bond acceptors (Lipinski definition) is 2. The lowest BCUT2D eigenvalue weighted by Crippen LogP contribution is -2.43. The third-order valence-electron chi connectivity index (χ3n) is 4.29. The zero-order valence-electron chi connectivity index (χ0n) is 14.1. The highest BCUT2D eigenvalue weighted by Gasteiger charge is 2.22. The lowest BCUT2D eigenvalue weighted by molar-refractivity contribution is 0.235. The van der Waals surface area contributed by atoms with Gasteiger partial charge in [0.2, 0.25) is 0 Å². The molecule has 1 aliphatic heterocycles. The first kappa shape index (κ1) is 18.1. The van der Waals surface area contributed by atoms with Gasteiger partial charge >= 0.3 is 6.03 Å². The highest BCUT2D eigenvalue weighted by molar-refractivity contribution is 6.30. The number of likely N-dealkylation sites (tertiary alicyclic amines) is 1. The van der Waals surface area contributed by atoms with Gasteiger partial charge in [-0.15, -0.1) is 0 Å². The summed E-state index contributed by atoms with van der Waals surface area (Å²) in [6, 6.07) is 7.78. The molecular formula is C18H28ClN3O. The number of carbonyl (C=O) groups is 1. The van der Waals surface area contributed by atoms with E-state index in [4.69, 9.17) is 11.6 Å². The summed E-state index contributed by atoms with van der Waals surface area (Å²) in [7, 11) is 0. The van der Waals surface area contributed by atoms with Crippen molar-refractivity contribution in [3.8, 4) is 0 Å². The van der Waals surface area contributed by atoms with Crippen LogP contribution in [-0.2, 0) is 6.42 Å². The van der Waals surface area contributed by atoms with Gasteiger partial charge in [-0.2, -0.15) is 0 Å². The topological polar surface area (TPSA) is 44.4 Å². The Morgan fingerprint density at radius 2 is 2.13 bits per heavy atom. The van der Waals surface area contributed by atoms with Crippen LogP contribution in [0.3, 0.4) is 0 Å². The van der Waals surface area contributed by atoms with Crippen LogP contribution in [0.1, 0.15) is 32.3 Å². The Morgan fingerprint density at radius 3 is 2.83 bits per heavy atom. The molecule has 0 aromatic heterocycles. The first-order chi connectivity index (χ1) is 11.1. The van der Waals surface area contributed by atoms with E-state index < -0.39 is 0 Å². The summed E-state index contributed by atoms with van der Waals surface area (Å²) in [5, 5.41) is 6.76. The number of amides is 2. The summed E-state index contributed by atoms with van der Waals surface area (Å²) < 4.78 is 0. The van der Waals surface area contributed by atoms with Gasteiger partial charge in [-0.1, -0.05) is 30.7 Å². The van der Waals surface area contributed by atoms with E-state index >= 15 is 0 Å². The number of urea groups is 1. The lowest BCUT2D eigenvalue weighted by atomic mass is 10.1. The number of nitrogens with zero attached hydrogens (tertiary/aromatic N) is 1. The molecule has 1 aromatic carbocycles. The first-order valence-corrected chi connectivity index (χ1v) is 8.95. The summed E-state index contributed by atoms with van der Waals surface area (Å²) in [6.07, 6.45) is 3.18. The van der Waals surface area contributed by atoms with Crippen molar-refractivity contribution >= 4 is 17.6 Å². The monoisotopic (exact) mass is 337 g/mol. The molecule has 0 radical (unpaired) electrons. The Bertz CT molecular complexity index is 492. The fourth-order valence-electron chi connectivity index (χ4n) is 3.14. The minimum atomic E-state index is -0.0691. The van der Waals surface area contributed by atoms with Gasteiger partial charge in [-0.3, -0.25) is 0 Å². The smallest absolute Gasteiger partial charge is 0.315 e. The molecule has 1 saturated heterocycles. The van der Waals surface area contributed by atoms with Gasteiger partial charge in [0.05, 0.1) is 0 Å². The molecular weight excluding hydrogens is 310 g/mol. The van der Waals surface area contributed by atoms with E-state index in [9.17, 15) is 4.79 Å². The van der Waals surface area contributed by atoms with Crippen molar-refractivity contribution in [3.05, 3.63) is 34.9 Å². The van der Waals surface area contributed by atoms with Crippen molar-refractivity contribution in [1.29, 1.82) is 0 Å². The van der Waals surface area contributed by atoms with E-state index in [0.717, 1.165) is 31.1 Å². The highest BCUT2D eigenvalue weighted by Crippen LogP contribution is 2.15. The second-order valence-corrected chi connectivity index (χ2v) is 6.98. The van der Waals surface area contributed by atoms with Gasteiger partial charge in [0.25, 0.3) is 0 Å². The fourth-order valence-corrected chi connectivity index (χ4v) is 3.26. The van der Waals surface area contributed by atoms with Crippen LogP contribution in [0.5, 0.6) is 0 Å². The molecule has 0 aliphatic carbocycles. The average molecular weight is 338 g/mol. The Labute approximate surface area is 144 Å². The molecule has 0 spiro atoms.